The van der Waals surface area contributed by atoms with E-state index in [4.69, 9.17) is 17.3 Å². The maximum Gasteiger partial charge on any atom is 0.224 e. The van der Waals surface area contributed by atoms with E-state index in [1.165, 1.54) is 25.7 Å². The Morgan fingerprint density at radius 3 is 2.86 bits per heavy atom. The number of amides is 1. The summed E-state index contributed by atoms with van der Waals surface area (Å²) in [5.74, 6) is 6.46. The molecular formula is C17H21ClN2O. The average molecular weight is 305 g/mol. The van der Waals surface area contributed by atoms with Crippen LogP contribution in [0.15, 0.2) is 18.2 Å². The molecule has 0 saturated heterocycles. The van der Waals surface area contributed by atoms with Crippen LogP contribution in [0.1, 0.15) is 44.1 Å². The maximum absolute atomic E-state index is 12.0. The fourth-order valence-electron chi connectivity index (χ4n) is 2.70. The molecule has 1 saturated carbocycles. The highest BCUT2D eigenvalue weighted by atomic mass is 35.5. The SMILES string of the molecule is NCC#Cc1cc(NC(=O)CCC2CCCC2)ccc1Cl. The molecule has 0 bridgehead atoms. The van der Waals surface area contributed by atoms with Gasteiger partial charge in [-0.25, -0.2) is 0 Å². The maximum atomic E-state index is 12.0. The Morgan fingerprint density at radius 1 is 1.38 bits per heavy atom. The van der Waals surface area contributed by atoms with Gasteiger partial charge in [-0.05, 0) is 30.5 Å². The predicted octanol–water partition coefficient (Wildman–Crippen LogP) is 3.56. The second kappa shape index (κ2) is 8.07. The summed E-state index contributed by atoms with van der Waals surface area (Å²) in [6.45, 7) is 0.286. The molecule has 0 aromatic heterocycles. The molecule has 1 aromatic rings. The highest BCUT2D eigenvalue weighted by Gasteiger charge is 2.16. The lowest BCUT2D eigenvalue weighted by Crippen LogP contribution is -2.12. The quantitative estimate of drug-likeness (QED) is 0.836. The minimum Gasteiger partial charge on any atom is -0.326 e. The number of carbonyl (C=O) groups is 1. The molecule has 1 amide bonds. The number of benzene rings is 1. The molecule has 0 radical (unpaired) electrons. The zero-order valence-electron chi connectivity index (χ0n) is 12.1. The molecule has 3 N–H and O–H groups in total. The molecule has 0 atom stereocenters. The van der Waals surface area contributed by atoms with Crippen LogP contribution < -0.4 is 11.1 Å². The first-order chi connectivity index (χ1) is 10.2. The number of hydrogen-bond acceptors (Lipinski definition) is 2. The lowest BCUT2D eigenvalue weighted by Gasteiger charge is -2.09. The third-order valence-electron chi connectivity index (χ3n) is 3.83. The zero-order valence-corrected chi connectivity index (χ0v) is 12.9. The van der Waals surface area contributed by atoms with Crippen LogP contribution >= 0.6 is 11.6 Å². The van der Waals surface area contributed by atoms with Gasteiger partial charge in [0.2, 0.25) is 5.91 Å². The molecule has 1 fully saturated rings. The number of carbonyl (C=O) groups excluding carboxylic acids is 1. The van der Waals surface area contributed by atoms with Crippen molar-refractivity contribution >= 4 is 23.2 Å². The summed E-state index contributed by atoms with van der Waals surface area (Å²) in [5, 5.41) is 3.48. The van der Waals surface area contributed by atoms with Crippen LogP contribution in [-0.2, 0) is 4.79 Å². The Hall–Kier alpha value is -1.50. The van der Waals surface area contributed by atoms with Crippen LogP contribution in [0, 0.1) is 17.8 Å². The van der Waals surface area contributed by atoms with E-state index in [2.05, 4.69) is 17.2 Å². The second-order valence-electron chi connectivity index (χ2n) is 5.44. The fraction of sp³-hybridized carbons (Fsp3) is 0.471. The second-order valence-corrected chi connectivity index (χ2v) is 5.85. The molecule has 21 heavy (non-hydrogen) atoms. The summed E-state index contributed by atoms with van der Waals surface area (Å²) >= 11 is 6.06. The third-order valence-corrected chi connectivity index (χ3v) is 4.16. The van der Waals surface area contributed by atoms with Crippen molar-refractivity contribution in [1.82, 2.24) is 0 Å². The Balaban J connectivity index is 1.90. The molecule has 0 unspecified atom stereocenters. The van der Waals surface area contributed by atoms with Gasteiger partial charge in [0.15, 0.2) is 0 Å². The van der Waals surface area contributed by atoms with Crippen molar-refractivity contribution < 1.29 is 4.79 Å². The first-order valence-electron chi connectivity index (χ1n) is 7.47. The Kier molecular flexibility index (Phi) is 6.10. The van der Waals surface area contributed by atoms with E-state index in [9.17, 15) is 4.79 Å². The molecule has 0 heterocycles. The molecule has 0 spiro atoms. The standard InChI is InChI=1S/C17H21ClN2O/c18-16-9-8-15(12-14(16)6-3-11-19)20-17(21)10-7-13-4-1-2-5-13/h8-9,12-13H,1-2,4-5,7,10-11,19H2,(H,20,21). The highest BCUT2D eigenvalue weighted by Crippen LogP contribution is 2.28. The minimum absolute atomic E-state index is 0.0574. The van der Waals surface area contributed by atoms with Gasteiger partial charge in [-0.2, -0.15) is 0 Å². The molecule has 1 aliphatic carbocycles. The van der Waals surface area contributed by atoms with E-state index in [1.54, 1.807) is 18.2 Å². The van der Waals surface area contributed by atoms with Crippen molar-refractivity contribution in [2.24, 2.45) is 11.7 Å². The number of hydrogen-bond donors (Lipinski definition) is 2. The summed E-state index contributed by atoms with van der Waals surface area (Å²) in [6.07, 6.45) is 6.73. The third kappa shape index (κ3) is 5.08. The van der Waals surface area contributed by atoms with E-state index in [1.807, 2.05) is 0 Å². The van der Waals surface area contributed by atoms with Gasteiger partial charge in [0.25, 0.3) is 0 Å². The van der Waals surface area contributed by atoms with Gasteiger partial charge in [-0.3, -0.25) is 4.79 Å². The average Bonchev–Trinajstić information content (AvgIpc) is 2.99. The number of nitrogens with two attached hydrogens (primary N) is 1. The van der Waals surface area contributed by atoms with Crippen molar-refractivity contribution in [2.75, 3.05) is 11.9 Å². The van der Waals surface area contributed by atoms with Crippen molar-refractivity contribution in [1.29, 1.82) is 0 Å². The van der Waals surface area contributed by atoms with Gasteiger partial charge in [0.05, 0.1) is 11.6 Å². The van der Waals surface area contributed by atoms with Gasteiger partial charge in [0.1, 0.15) is 0 Å². The normalized spacial score (nSPS) is 14.6. The van der Waals surface area contributed by atoms with Crippen LogP contribution in [0.2, 0.25) is 5.02 Å². The van der Waals surface area contributed by atoms with Crippen LogP contribution in [0.3, 0.4) is 0 Å². The number of halogens is 1. The van der Waals surface area contributed by atoms with Gasteiger partial charge in [0, 0.05) is 17.7 Å². The van der Waals surface area contributed by atoms with E-state index in [0.29, 0.717) is 17.0 Å². The number of rotatable bonds is 4. The van der Waals surface area contributed by atoms with Crippen molar-refractivity contribution in [3.05, 3.63) is 28.8 Å². The first kappa shape index (κ1) is 15.9. The van der Waals surface area contributed by atoms with E-state index < -0.39 is 0 Å². The summed E-state index contributed by atoms with van der Waals surface area (Å²) in [7, 11) is 0. The lowest BCUT2D eigenvalue weighted by atomic mass is 10.0. The van der Waals surface area contributed by atoms with Gasteiger partial charge < -0.3 is 11.1 Å². The molecule has 4 heteroatoms. The molecule has 1 aliphatic rings. The Labute approximate surface area is 131 Å². The topological polar surface area (TPSA) is 55.1 Å². The van der Waals surface area contributed by atoms with Crippen molar-refractivity contribution in [3.8, 4) is 11.8 Å². The first-order valence-corrected chi connectivity index (χ1v) is 7.85. The monoisotopic (exact) mass is 304 g/mol. The van der Waals surface area contributed by atoms with E-state index in [-0.39, 0.29) is 12.5 Å². The predicted molar refractivity (Wildman–Crippen MR) is 87.2 cm³/mol. The van der Waals surface area contributed by atoms with E-state index >= 15 is 0 Å². The Bertz CT molecular complexity index is 554. The molecule has 0 aliphatic heterocycles. The van der Waals surface area contributed by atoms with Gasteiger partial charge >= 0.3 is 0 Å². The highest BCUT2D eigenvalue weighted by molar-refractivity contribution is 6.31. The largest absolute Gasteiger partial charge is 0.326 e. The summed E-state index contributed by atoms with van der Waals surface area (Å²) in [4.78, 5) is 12.0. The summed E-state index contributed by atoms with van der Waals surface area (Å²) < 4.78 is 0. The van der Waals surface area contributed by atoms with Crippen LogP contribution in [0.5, 0.6) is 0 Å². The minimum atomic E-state index is 0.0574. The van der Waals surface area contributed by atoms with Crippen LogP contribution in [0.25, 0.3) is 0 Å². The van der Waals surface area contributed by atoms with E-state index in [0.717, 1.165) is 18.0 Å². The summed E-state index contributed by atoms with van der Waals surface area (Å²) in [6, 6.07) is 5.33. The lowest BCUT2D eigenvalue weighted by molar-refractivity contribution is -0.116. The van der Waals surface area contributed by atoms with Crippen LogP contribution in [0.4, 0.5) is 5.69 Å². The van der Waals surface area contributed by atoms with Crippen molar-refractivity contribution in [3.63, 3.8) is 0 Å². The van der Waals surface area contributed by atoms with Gasteiger partial charge in [-0.1, -0.05) is 49.1 Å². The fourth-order valence-corrected chi connectivity index (χ4v) is 2.87. The van der Waals surface area contributed by atoms with Gasteiger partial charge in [-0.15, -0.1) is 0 Å². The molecule has 2 rings (SSSR count). The molecular weight excluding hydrogens is 284 g/mol. The van der Waals surface area contributed by atoms with Crippen molar-refractivity contribution in [2.45, 2.75) is 38.5 Å². The molecule has 3 nitrogen and oxygen atoms in total. The van der Waals surface area contributed by atoms with Crippen LogP contribution in [-0.4, -0.2) is 12.5 Å². The molecule has 112 valence electrons. The smallest absolute Gasteiger partial charge is 0.224 e. The number of nitrogens with one attached hydrogen (secondary N) is 1. The molecule has 1 aromatic carbocycles. The summed E-state index contributed by atoms with van der Waals surface area (Å²) in [5.41, 5.74) is 6.78. The zero-order chi connectivity index (χ0) is 15.1. The Morgan fingerprint density at radius 2 is 2.14 bits per heavy atom. The number of anilines is 1.